The van der Waals surface area contributed by atoms with Gasteiger partial charge in [-0.1, -0.05) is 18.2 Å². The van der Waals surface area contributed by atoms with E-state index in [-0.39, 0.29) is 4.90 Å². The molecule has 0 amide bonds. The number of nitrogens with one attached hydrogen (secondary N) is 1. The number of benzene rings is 1. The predicted molar refractivity (Wildman–Crippen MR) is 81.0 cm³/mol. The number of sulfone groups is 1. The van der Waals surface area contributed by atoms with Gasteiger partial charge in [0.15, 0.2) is 10.0 Å². The Kier molecular flexibility index (Phi) is 4.59. The highest BCUT2D eigenvalue weighted by atomic mass is 32.2. The van der Waals surface area contributed by atoms with Gasteiger partial charge in [0.05, 0.1) is 12.0 Å². The van der Waals surface area contributed by atoms with Crippen LogP contribution in [0.25, 0.3) is 0 Å². The number of carbonyl (C=O) groups excluding carboxylic acids is 1. The van der Waals surface area contributed by atoms with Crippen molar-refractivity contribution in [3.05, 3.63) is 41.4 Å². The van der Waals surface area contributed by atoms with Crippen LogP contribution in [0.5, 0.6) is 0 Å². The summed E-state index contributed by atoms with van der Waals surface area (Å²) in [6.07, 6.45) is 1.22. The SMILES string of the molecule is COC(=O)/C(=C\N1CCNC1=S)S(=O)(=O)c1ccccc1. The molecule has 1 heterocycles. The van der Waals surface area contributed by atoms with E-state index in [1.54, 1.807) is 18.2 Å². The number of thiocarbonyl (C=S) groups is 1. The van der Waals surface area contributed by atoms with Crippen molar-refractivity contribution < 1.29 is 17.9 Å². The van der Waals surface area contributed by atoms with Crippen LogP contribution < -0.4 is 5.32 Å². The zero-order chi connectivity index (χ0) is 15.5. The molecule has 1 aromatic carbocycles. The van der Waals surface area contributed by atoms with Crippen LogP contribution in [-0.4, -0.2) is 44.6 Å². The second kappa shape index (κ2) is 6.23. The van der Waals surface area contributed by atoms with Gasteiger partial charge in [-0.25, -0.2) is 13.2 Å². The lowest BCUT2D eigenvalue weighted by atomic mass is 10.4. The standard InChI is InChI=1S/C13H14N2O4S2/c1-19-12(16)11(9-15-8-7-14-13(15)20)21(17,18)10-5-3-2-4-6-10/h2-6,9H,7-8H2,1H3,(H,14,20)/b11-9+. The van der Waals surface area contributed by atoms with Crippen molar-refractivity contribution >= 4 is 33.1 Å². The smallest absolute Gasteiger partial charge is 0.351 e. The first kappa shape index (κ1) is 15.5. The average molecular weight is 326 g/mol. The van der Waals surface area contributed by atoms with Gasteiger partial charge in [0.2, 0.25) is 9.84 Å². The van der Waals surface area contributed by atoms with E-state index >= 15 is 0 Å². The Morgan fingerprint density at radius 1 is 1.38 bits per heavy atom. The Morgan fingerprint density at radius 3 is 2.57 bits per heavy atom. The molecule has 0 aromatic heterocycles. The van der Waals surface area contributed by atoms with Gasteiger partial charge < -0.3 is 15.0 Å². The highest BCUT2D eigenvalue weighted by Crippen LogP contribution is 2.21. The van der Waals surface area contributed by atoms with Crippen molar-refractivity contribution in [3.63, 3.8) is 0 Å². The molecule has 0 aliphatic carbocycles. The van der Waals surface area contributed by atoms with E-state index in [4.69, 9.17) is 12.2 Å². The summed E-state index contributed by atoms with van der Waals surface area (Å²) >= 11 is 5.04. The molecule has 0 bridgehead atoms. The summed E-state index contributed by atoms with van der Waals surface area (Å²) in [4.78, 5) is 13.0. The molecule has 0 radical (unpaired) electrons. The maximum absolute atomic E-state index is 12.6. The Morgan fingerprint density at radius 2 is 2.05 bits per heavy atom. The van der Waals surface area contributed by atoms with E-state index in [9.17, 15) is 13.2 Å². The first-order valence-electron chi connectivity index (χ1n) is 6.11. The van der Waals surface area contributed by atoms with Crippen LogP contribution in [0.3, 0.4) is 0 Å². The van der Waals surface area contributed by atoms with Crippen LogP contribution >= 0.6 is 12.2 Å². The number of hydrogen-bond donors (Lipinski definition) is 1. The summed E-state index contributed by atoms with van der Waals surface area (Å²) < 4.78 is 29.7. The number of methoxy groups -OCH3 is 1. The molecule has 1 fully saturated rings. The monoisotopic (exact) mass is 326 g/mol. The molecular weight excluding hydrogens is 312 g/mol. The highest BCUT2D eigenvalue weighted by molar-refractivity contribution is 7.96. The van der Waals surface area contributed by atoms with Gasteiger partial charge >= 0.3 is 5.97 Å². The fraction of sp³-hybridized carbons (Fsp3) is 0.231. The fourth-order valence-corrected chi connectivity index (χ4v) is 3.39. The third-order valence-electron chi connectivity index (χ3n) is 2.89. The summed E-state index contributed by atoms with van der Waals surface area (Å²) in [6.45, 7) is 1.08. The molecule has 0 spiro atoms. The minimum atomic E-state index is -3.97. The average Bonchev–Trinajstić information content (AvgIpc) is 2.90. The minimum absolute atomic E-state index is 0.0275. The Balaban J connectivity index is 2.48. The van der Waals surface area contributed by atoms with Gasteiger partial charge in [0.1, 0.15) is 0 Å². The quantitative estimate of drug-likeness (QED) is 0.495. The number of carbonyl (C=O) groups is 1. The van der Waals surface area contributed by atoms with Crippen molar-refractivity contribution in [1.29, 1.82) is 0 Å². The van der Waals surface area contributed by atoms with E-state index in [0.29, 0.717) is 18.2 Å². The molecule has 1 N–H and O–H groups in total. The Labute approximate surface area is 128 Å². The lowest BCUT2D eigenvalue weighted by Crippen LogP contribution is -2.26. The third-order valence-corrected chi connectivity index (χ3v) is 5.02. The lowest BCUT2D eigenvalue weighted by Gasteiger charge is -2.14. The molecule has 1 aliphatic heterocycles. The fourth-order valence-electron chi connectivity index (χ4n) is 1.81. The molecule has 6 nitrogen and oxygen atoms in total. The van der Waals surface area contributed by atoms with E-state index in [1.165, 1.54) is 23.2 Å². The molecule has 0 unspecified atom stereocenters. The van der Waals surface area contributed by atoms with Crippen LogP contribution in [-0.2, 0) is 19.4 Å². The Bertz CT molecular complexity index is 683. The summed E-state index contributed by atoms with van der Waals surface area (Å²) in [7, 11) is -2.83. The Hall–Kier alpha value is -1.93. The summed E-state index contributed by atoms with van der Waals surface area (Å²) in [5.74, 6) is -0.923. The zero-order valence-corrected chi connectivity index (χ0v) is 12.9. The molecule has 1 aromatic rings. The molecular formula is C13H14N2O4S2. The molecule has 21 heavy (non-hydrogen) atoms. The number of ether oxygens (including phenoxy) is 1. The van der Waals surface area contributed by atoms with Gasteiger partial charge in [0.25, 0.3) is 0 Å². The van der Waals surface area contributed by atoms with Crippen molar-refractivity contribution in [2.45, 2.75) is 4.90 Å². The molecule has 112 valence electrons. The maximum atomic E-state index is 12.6. The molecule has 1 saturated heterocycles. The largest absolute Gasteiger partial charge is 0.465 e. The van der Waals surface area contributed by atoms with Gasteiger partial charge in [-0.3, -0.25) is 0 Å². The number of rotatable bonds is 4. The van der Waals surface area contributed by atoms with Gasteiger partial charge in [-0.15, -0.1) is 0 Å². The minimum Gasteiger partial charge on any atom is -0.465 e. The van der Waals surface area contributed by atoms with Crippen molar-refractivity contribution in [2.75, 3.05) is 20.2 Å². The number of hydrogen-bond acceptors (Lipinski definition) is 5. The van der Waals surface area contributed by atoms with Crippen LogP contribution in [0.15, 0.2) is 46.3 Å². The summed E-state index contributed by atoms with van der Waals surface area (Å²) in [5, 5.41) is 3.26. The first-order chi connectivity index (χ1) is 9.96. The summed E-state index contributed by atoms with van der Waals surface area (Å²) in [5.41, 5.74) is 0. The van der Waals surface area contributed by atoms with Gasteiger partial charge in [0, 0.05) is 19.3 Å². The second-order valence-corrected chi connectivity index (χ2v) is 6.53. The topological polar surface area (TPSA) is 75.7 Å². The van der Waals surface area contributed by atoms with Crippen molar-refractivity contribution in [2.24, 2.45) is 0 Å². The van der Waals surface area contributed by atoms with E-state index in [2.05, 4.69) is 10.1 Å². The predicted octanol–water partition coefficient (Wildman–Crippen LogP) is 0.665. The number of esters is 1. The van der Waals surface area contributed by atoms with E-state index in [1.807, 2.05) is 0 Å². The lowest BCUT2D eigenvalue weighted by molar-refractivity contribution is -0.135. The molecule has 1 aliphatic rings. The van der Waals surface area contributed by atoms with Gasteiger partial charge in [-0.2, -0.15) is 0 Å². The molecule has 0 atom stereocenters. The van der Waals surface area contributed by atoms with Crippen LogP contribution in [0.4, 0.5) is 0 Å². The van der Waals surface area contributed by atoms with Crippen molar-refractivity contribution in [1.82, 2.24) is 10.2 Å². The molecule has 8 heteroatoms. The zero-order valence-electron chi connectivity index (χ0n) is 11.3. The normalized spacial score (nSPS) is 15.8. The maximum Gasteiger partial charge on any atom is 0.351 e. The molecule has 0 saturated carbocycles. The van der Waals surface area contributed by atoms with E-state index in [0.717, 1.165) is 7.11 Å². The third kappa shape index (κ3) is 3.22. The van der Waals surface area contributed by atoms with E-state index < -0.39 is 20.7 Å². The van der Waals surface area contributed by atoms with Gasteiger partial charge in [-0.05, 0) is 24.4 Å². The van der Waals surface area contributed by atoms with Crippen LogP contribution in [0.2, 0.25) is 0 Å². The van der Waals surface area contributed by atoms with Crippen LogP contribution in [0, 0.1) is 0 Å². The second-order valence-electron chi connectivity index (χ2n) is 4.23. The number of nitrogens with zero attached hydrogens (tertiary/aromatic N) is 1. The highest BCUT2D eigenvalue weighted by Gasteiger charge is 2.30. The van der Waals surface area contributed by atoms with Crippen molar-refractivity contribution in [3.8, 4) is 0 Å². The van der Waals surface area contributed by atoms with Crippen LogP contribution in [0.1, 0.15) is 0 Å². The summed E-state index contributed by atoms with van der Waals surface area (Å²) in [6, 6.07) is 7.72. The first-order valence-corrected chi connectivity index (χ1v) is 8.00. The molecule has 2 rings (SSSR count).